The second-order valence-electron chi connectivity index (χ2n) is 8.03. The summed E-state index contributed by atoms with van der Waals surface area (Å²) in [4.78, 5) is 16.3. The van der Waals surface area contributed by atoms with E-state index in [0.29, 0.717) is 0 Å². The summed E-state index contributed by atoms with van der Waals surface area (Å²) in [6.07, 6.45) is 9.99. The van der Waals surface area contributed by atoms with Crippen molar-refractivity contribution in [1.82, 2.24) is 24.4 Å². The van der Waals surface area contributed by atoms with Crippen molar-refractivity contribution in [3.8, 4) is 0 Å². The van der Waals surface area contributed by atoms with Crippen LogP contribution in [0.5, 0.6) is 0 Å². The largest absolute Gasteiger partial charge is 0.350 e. The Balaban J connectivity index is 1.39. The van der Waals surface area contributed by atoms with Gasteiger partial charge in [0.1, 0.15) is 11.6 Å². The molecule has 3 aromatic heterocycles. The summed E-state index contributed by atoms with van der Waals surface area (Å²) in [7, 11) is 2.12. The molecule has 6 nitrogen and oxygen atoms in total. The molecule has 0 aliphatic carbocycles. The Kier molecular flexibility index (Phi) is 4.93. The number of para-hydroxylation sites is 1. The first-order chi connectivity index (χ1) is 14.7. The molecule has 5 rings (SSSR count). The summed E-state index contributed by atoms with van der Waals surface area (Å²) in [5, 5.41) is 4.65. The molecular formula is C24H26N6. The van der Waals surface area contributed by atoms with E-state index in [1.165, 1.54) is 22.9 Å². The van der Waals surface area contributed by atoms with E-state index in [1.54, 1.807) is 12.4 Å². The molecule has 0 bridgehead atoms. The van der Waals surface area contributed by atoms with Crippen LogP contribution in [0.15, 0.2) is 61.2 Å². The smallest absolute Gasteiger partial charge is 0.150 e. The highest BCUT2D eigenvalue weighted by atomic mass is 15.2. The summed E-state index contributed by atoms with van der Waals surface area (Å²) in [6, 6.07) is 12.9. The molecule has 1 aliphatic heterocycles. The number of pyridine rings is 1. The van der Waals surface area contributed by atoms with Crippen molar-refractivity contribution >= 4 is 22.5 Å². The number of fused-ring (bicyclic) bond motifs is 1. The normalized spacial score (nSPS) is 16.9. The van der Waals surface area contributed by atoms with Crippen LogP contribution >= 0.6 is 0 Å². The second kappa shape index (κ2) is 7.88. The summed E-state index contributed by atoms with van der Waals surface area (Å²) < 4.78 is 2.22. The molecular weight excluding hydrogens is 372 g/mol. The van der Waals surface area contributed by atoms with Crippen LogP contribution in [0.25, 0.3) is 10.9 Å². The number of hydrogen-bond donors (Lipinski definition) is 1. The van der Waals surface area contributed by atoms with E-state index in [1.807, 2.05) is 25.3 Å². The van der Waals surface area contributed by atoms with Gasteiger partial charge in [-0.05, 0) is 49.6 Å². The fourth-order valence-corrected chi connectivity index (χ4v) is 4.46. The monoisotopic (exact) mass is 398 g/mol. The van der Waals surface area contributed by atoms with E-state index in [2.05, 4.69) is 62.3 Å². The zero-order valence-electron chi connectivity index (χ0n) is 17.4. The number of aryl methyl sites for hydroxylation is 2. The summed E-state index contributed by atoms with van der Waals surface area (Å²) in [5.74, 6) is 1.56. The lowest BCUT2D eigenvalue weighted by Crippen LogP contribution is -2.23. The van der Waals surface area contributed by atoms with Gasteiger partial charge in [-0.25, -0.2) is 9.97 Å². The molecule has 152 valence electrons. The fourth-order valence-electron chi connectivity index (χ4n) is 4.46. The van der Waals surface area contributed by atoms with Gasteiger partial charge in [-0.1, -0.05) is 24.3 Å². The highest BCUT2D eigenvalue weighted by molar-refractivity contribution is 5.83. The van der Waals surface area contributed by atoms with Gasteiger partial charge in [-0.15, -0.1) is 0 Å². The van der Waals surface area contributed by atoms with E-state index in [-0.39, 0.29) is 6.04 Å². The number of hydrogen-bond acceptors (Lipinski definition) is 5. The third-order valence-electron chi connectivity index (χ3n) is 5.97. The topological polar surface area (TPSA) is 58.9 Å². The Hall–Kier alpha value is -3.25. The van der Waals surface area contributed by atoms with Gasteiger partial charge >= 0.3 is 0 Å². The van der Waals surface area contributed by atoms with Crippen LogP contribution in [-0.2, 0) is 13.6 Å². The first-order valence-electron chi connectivity index (χ1n) is 10.5. The predicted molar refractivity (Wildman–Crippen MR) is 120 cm³/mol. The predicted octanol–water partition coefficient (Wildman–Crippen LogP) is 4.75. The fraction of sp³-hybridized carbons (Fsp3) is 0.292. The van der Waals surface area contributed by atoms with E-state index < -0.39 is 0 Å². The lowest BCUT2D eigenvalue weighted by molar-refractivity contribution is 0.245. The van der Waals surface area contributed by atoms with Crippen molar-refractivity contribution in [2.45, 2.75) is 32.4 Å². The summed E-state index contributed by atoms with van der Waals surface area (Å²) in [6.45, 7) is 4.03. The molecule has 1 saturated heterocycles. The maximum Gasteiger partial charge on any atom is 0.150 e. The number of rotatable bonds is 5. The number of nitrogens with zero attached hydrogens (tertiary/aromatic N) is 5. The summed E-state index contributed by atoms with van der Waals surface area (Å²) in [5.41, 5.74) is 4.75. The standard InChI is InChI=1S/C24H26N6/c1-17-7-5-11-26-24(17)28-23-14-25-13-20(27-23)22-10-6-12-30(22)16-18-15-29(2)21-9-4-3-8-19(18)21/h3-5,7-9,11,13-15,22H,6,10,12,16H2,1-2H3,(H,26,27,28). The molecule has 0 saturated carbocycles. The minimum atomic E-state index is 0.281. The number of likely N-dealkylation sites (tertiary alicyclic amines) is 1. The number of anilines is 2. The molecule has 1 aromatic carbocycles. The van der Waals surface area contributed by atoms with Gasteiger partial charge in [-0.2, -0.15) is 0 Å². The molecule has 1 unspecified atom stereocenters. The molecule has 1 atom stereocenters. The molecule has 1 aliphatic rings. The van der Waals surface area contributed by atoms with E-state index in [9.17, 15) is 0 Å². The van der Waals surface area contributed by atoms with Gasteiger partial charge in [-0.3, -0.25) is 9.88 Å². The van der Waals surface area contributed by atoms with Crippen molar-refractivity contribution in [3.63, 3.8) is 0 Å². The average Bonchev–Trinajstić information content (AvgIpc) is 3.35. The molecule has 0 amide bonds. The van der Waals surface area contributed by atoms with Gasteiger partial charge in [0.05, 0.1) is 24.1 Å². The maximum atomic E-state index is 4.89. The van der Waals surface area contributed by atoms with Crippen molar-refractivity contribution < 1.29 is 0 Å². The van der Waals surface area contributed by atoms with Crippen LogP contribution in [0.2, 0.25) is 0 Å². The van der Waals surface area contributed by atoms with Crippen LogP contribution in [0.1, 0.15) is 35.7 Å². The third-order valence-corrected chi connectivity index (χ3v) is 5.97. The zero-order valence-corrected chi connectivity index (χ0v) is 17.4. The third kappa shape index (κ3) is 3.55. The SMILES string of the molecule is Cc1cccnc1Nc1cncc(C2CCCN2Cc2cn(C)c3ccccc23)n1. The van der Waals surface area contributed by atoms with Crippen LogP contribution in [0.4, 0.5) is 11.6 Å². The van der Waals surface area contributed by atoms with Crippen molar-refractivity contribution in [2.75, 3.05) is 11.9 Å². The lowest BCUT2D eigenvalue weighted by Gasteiger charge is -2.24. The van der Waals surface area contributed by atoms with Crippen LogP contribution in [-0.4, -0.2) is 31.0 Å². The minimum Gasteiger partial charge on any atom is -0.350 e. The molecule has 6 heteroatoms. The van der Waals surface area contributed by atoms with Gasteiger partial charge in [0, 0.05) is 36.9 Å². The molecule has 30 heavy (non-hydrogen) atoms. The Bertz CT molecular complexity index is 1180. The van der Waals surface area contributed by atoms with Crippen molar-refractivity contribution in [3.05, 3.63) is 78.0 Å². The Labute approximate surface area is 176 Å². The van der Waals surface area contributed by atoms with Gasteiger partial charge in [0.15, 0.2) is 0 Å². The lowest BCUT2D eigenvalue weighted by atomic mass is 10.1. The highest BCUT2D eigenvalue weighted by Gasteiger charge is 2.28. The number of benzene rings is 1. The van der Waals surface area contributed by atoms with E-state index in [0.717, 1.165) is 42.4 Å². The molecule has 1 N–H and O–H groups in total. The quantitative estimate of drug-likeness (QED) is 0.526. The van der Waals surface area contributed by atoms with Gasteiger partial charge in [0.25, 0.3) is 0 Å². The van der Waals surface area contributed by atoms with Crippen LogP contribution in [0.3, 0.4) is 0 Å². The highest BCUT2D eigenvalue weighted by Crippen LogP contribution is 2.34. The van der Waals surface area contributed by atoms with Gasteiger partial charge in [0.2, 0.25) is 0 Å². The van der Waals surface area contributed by atoms with Crippen LogP contribution in [0, 0.1) is 6.92 Å². The minimum absolute atomic E-state index is 0.281. The Morgan fingerprint density at radius 2 is 2.03 bits per heavy atom. The molecule has 0 spiro atoms. The van der Waals surface area contributed by atoms with E-state index >= 15 is 0 Å². The number of nitrogens with one attached hydrogen (secondary N) is 1. The number of aromatic nitrogens is 4. The molecule has 1 fully saturated rings. The molecule has 4 aromatic rings. The van der Waals surface area contributed by atoms with Gasteiger partial charge < -0.3 is 9.88 Å². The van der Waals surface area contributed by atoms with Crippen LogP contribution < -0.4 is 5.32 Å². The Morgan fingerprint density at radius 3 is 2.93 bits per heavy atom. The maximum absolute atomic E-state index is 4.89. The molecule has 0 radical (unpaired) electrons. The Morgan fingerprint density at radius 1 is 1.13 bits per heavy atom. The first kappa shape index (κ1) is 18.8. The summed E-state index contributed by atoms with van der Waals surface area (Å²) >= 11 is 0. The molecule has 4 heterocycles. The van der Waals surface area contributed by atoms with Crippen molar-refractivity contribution in [1.29, 1.82) is 0 Å². The second-order valence-corrected chi connectivity index (χ2v) is 8.03. The zero-order chi connectivity index (χ0) is 20.5. The average molecular weight is 399 g/mol. The first-order valence-corrected chi connectivity index (χ1v) is 10.5. The van der Waals surface area contributed by atoms with Crippen molar-refractivity contribution in [2.24, 2.45) is 7.05 Å². The van der Waals surface area contributed by atoms with E-state index in [4.69, 9.17) is 4.98 Å².